The predicted molar refractivity (Wildman–Crippen MR) is 47.4 cm³/mol. The lowest BCUT2D eigenvalue weighted by Gasteiger charge is -2.29. The van der Waals surface area contributed by atoms with Crippen LogP contribution in [0.15, 0.2) is 0 Å². The molecule has 2 rings (SSSR count). The minimum Gasteiger partial charge on any atom is -0.481 e. The molecule has 1 saturated carbocycles. The van der Waals surface area contributed by atoms with Crippen molar-refractivity contribution in [2.45, 2.75) is 44.8 Å². The SMILES string of the molecule is C[C@@H]1C[C@@H]2[C@H](CCC[C@H]2C(=O)O)O1. The van der Waals surface area contributed by atoms with Crippen LogP contribution < -0.4 is 0 Å². The molecule has 3 nitrogen and oxygen atoms in total. The third-order valence-electron chi connectivity index (χ3n) is 3.33. The molecule has 0 aromatic heterocycles. The van der Waals surface area contributed by atoms with Gasteiger partial charge in [-0.2, -0.15) is 0 Å². The van der Waals surface area contributed by atoms with Gasteiger partial charge in [-0.3, -0.25) is 4.79 Å². The van der Waals surface area contributed by atoms with Crippen LogP contribution in [0.25, 0.3) is 0 Å². The van der Waals surface area contributed by atoms with Crippen LogP contribution >= 0.6 is 0 Å². The lowest BCUT2D eigenvalue weighted by Crippen LogP contribution is -2.33. The quantitative estimate of drug-likeness (QED) is 0.674. The van der Waals surface area contributed by atoms with Gasteiger partial charge in [0.1, 0.15) is 0 Å². The first-order chi connectivity index (χ1) is 6.18. The van der Waals surface area contributed by atoms with Crippen molar-refractivity contribution in [3.05, 3.63) is 0 Å². The van der Waals surface area contributed by atoms with E-state index in [1.165, 1.54) is 0 Å². The van der Waals surface area contributed by atoms with Crippen molar-refractivity contribution >= 4 is 5.97 Å². The van der Waals surface area contributed by atoms with Crippen LogP contribution in [-0.4, -0.2) is 23.3 Å². The summed E-state index contributed by atoms with van der Waals surface area (Å²) in [6, 6.07) is 0. The predicted octanol–water partition coefficient (Wildman–Crippen LogP) is 1.66. The molecule has 13 heavy (non-hydrogen) atoms. The molecule has 4 atom stereocenters. The van der Waals surface area contributed by atoms with Gasteiger partial charge < -0.3 is 9.84 Å². The fourth-order valence-corrected chi connectivity index (χ4v) is 2.76. The molecule has 0 aromatic rings. The number of carboxylic acid groups (broad SMARTS) is 1. The zero-order valence-electron chi connectivity index (χ0n) is 7.90. The van der Waals surface area contributed by atoms with Gasteiger partial charge in [0.25, 0.3) is 0 Å². The Hall–Kier alpha value is -0.570. The smallest absolute Gasteiger partial charge is 0.306 e. The molecule has 74 valence electrons. The van der Waals surface area contributed by atoms with Gasteiger partial charge in [0.2, 0.25) is 0 Å². The van der Waals surface area contributed by atoms with E-state index in [1.807, 2.05) is 6.92 Å². The van der Waals surface area contributed by atoms with Gasteiger partial charge in [0, 0.05) is 5.92 Å². The van der Waals surface area contributed by atoms with Crippen LogP contribution in [0.3, 0.4) is 0 Å². The highest BCUT2D eigenvalue weighted by molar-refractivity contribution is 5.70. The average Bonchev–Trinajstić information content (AvgIpc) is 2.43. The Labute approximate surface area is 78.1 Å². The summed E-state index contributed by atoms with van der Waals surface area (Å²) in [6.45, 7) is 2.04. The maximum Gasteiger partial charge on any atom is 0.306 e. The molecule has 1 saturated heterocycles. The second kappa shape index (κ2) is 3.29. The molecule has 0 amide bonds. The lowest BCUT2D eigenvalue weighted by molar-refractivity contribution is -0.146. The van der Waals surface area contributed by atoms with E-state index < -0.39 is 5.97 Å². The van der Waals surface area contributed by atoms with E-state index in [2.05, 4.69) is 0 Å². The van der Waals surface area contributed by atoms with Gasteiger partial charge in [-0.1, -0.05) is 0 Å². The fourth-order valence-electron chi connectivity index (χ4n) is 2.76. The van der Waals surface area contributed by atoms with E-state index in [1.54, 1.807) is 0 Å². The molecule has 0 radical (unpaired) electrons. The molecule has 0 bridgehead atoms. The summed E-state index contributed by atoms with van der Waals surface area (Å²) >= 11 is 0. The van der Waals surface area contributed by atoms with E-state index in [0.29, 0.717) is 0 Å². The summed E-state index contributed by atoms with van der Waals surface area (Å²) in [4.78, 5) is 10.9. The first-order valence-corrected chi connectivity index (χ1v) is 5.06. The number of fused-ring (bicyclic) bond motifs is 1. The van der Waals surface area contributed by atoms with Crippen molar-refractivity contribution in [3.8, 4) is 0 Å². The Bertz CT molecular complexity index is 214. The number of aliphatic carboxylic acids is 1. The number of rotatable bonds is 1. The highest BCUT2D eigenvalue weighted by Gasteiger charge is 2.43. The molecule has 3 heteroatoms. The van der Waals surface area contributed by atoms with Crippen molar-refractivity contribution < 1.29 is 14.6 Å². The Morgan fingerprint density at radius 3 is 2.92 bits per heavy atom. The highest BCUT2D eigenvalue weighted by atomic mass is 16.5. The van der Waals surface area contributed by atoms with Crippen molar-refractivity contribution in [1.82, 2.24) is 0 Å². The number of carboxylic acids is 1. The molecular weight excluding hydrogens is 168 g/mol. The van der Waals surface area contributed by atoms with E-state index in [-0.39, 0.29) is 24.0 Å². The highest BCUT2D eigenvalue weighted by Crippen LogP contribution is 2.41. The van der Waals surface area contributed by atoms with Gasteiger partial charge >= 0.3 is 5.97 Å². The second-order valence-electron chi connectivity index (χ2n) is 4.26. The normalized spacial score (nSPS) is 44.4. The van der Waals surface area contributed by atoms with Gasteiger partial charge in [-0.15, -0.1) is 0 Å². The number of hydrogen-bond acceptors (Lipinski definition) is 2. The van der Waals surface area contributed by atoms with Crippen molar-refractivity contribution in [2.75, 3.05) is 0 Å². The van der Waals surface area contributed by atoms with Crippen molar-refractivity contribution in [1.29, 1.82) is 0 Å². The average molecular weight is 184 g/mol. The number of carbonyl (C=O) groups is 1. The van der Waals surface area contributed by atoms with E-state index in [4.69, 9.17) is 9.84 Å². The molecule has 1 aliphatic heterocycles. The molecular formula is C10H16O3. The van der Waals surface area contributed by atoms with Crippen LogP contribution in [0.1, 0.15) is 32.6 Å². The van der Waals surface area contributed by atoms with Crippen LogP contribution in [-0.2, 0) is 9.53 Å². The Morgan fingerprint density at radius 2 is 2.23 bits per heavy atom. The summed E-state index contributed by atoms with van der Waals surface area (Å²) in [5, 5.41) is 9.02. The minimum absolute atomic E-state index is 0.149. The van der Waals surface area contributed by atoms with Crippen molar-refractivity contribution in [3.63, 3.8) is 0 Å². The van der Waals surface area contributed by atoms with Crippen LogP contribution in [0.5, 0.6) is 0 Å². The second-order valence-corrected chi connectivity index (χ2v) is 4.26. The molecule has 1 heterocycles. The third kappa shape index (κ3) is 1.57. The van der Waals surface area contributed by atoms with Crippen LogP contribution in [0.2, 0.25) is 0 Å². The van der Waals surface area contributed by atoms with E-state index in [9.17, 15) is 4.79 Å². The third-order valence-corrected chi connectivity index (χ3v) is 3.33. The molecule has 2 fully saturated rings. The zero-order chi connectivity index (χ0) is 9.42. The van der Waals surface area contributed by atoms with Gasteiger partial charge in [-0.25, -0.2) is 0 Å². The summed E-state index contributed by atoms with van der Waals surface area (Å²) in [5.74, 6) is -0.502. The summed E-state index contributed by atoms with van der Waals surface area (Å²) in [7, 11) is 0. The Kier molecular flexibility index (Phi) is 2.28. The molecule has 1 N–H and O–H groups in total. The van der Waals surface area contributed by atoms with Crippen LogP contribution in [0, 0.1) is 11.8 Å². The molecule has 0 unspecified atom stereocenters. The summed E-state index contributed by atoms with van der Waals surface area (Å²) < 4.78 is 5.68. The first-order valence-electron chi connectivity index (χ1n) is 5.06. The number of ether oxygens (including phenoxy) is 1. The van der Waals surface area contributed by atoms with Gasteiger partial charge in [0.05, 0.1) is 18.1 Å². The monoisotopic (exact) mass is 184 g/mol. The van der Waals surface area contributed by atoms with E-state index >= 15 is 0 Å². The van der Waals surface area contributed by atoms with Crippen LogP contribution in [0.4, 0.5) is 0 Å². The topological polar surface area (TPSA) is 46.5 Å². The van der Waals surface area contributed by atoms with Gasteiger partial charge in [-0.05, 0) is 32.6 Å². The molecule has 2 aliphatic rings. The minimum atomic E-state index is -0.632. The number of hydrogen-bond donors (Lipinski definition) is 1. The standard InChI is InChI=1S/C10H16O3/c1-6-5-8-7(10(11)12)3-2-4-9(8)13-6/h6-9H,2-5H2,1H3,(H,11,12)/t6-,7-,8+,9+/m1/s1. The lowest BCUT2D eigenvalue weighted by atomic mass is 9.76. The first kappa shape index (κ1) is 9.00. The maximum absolute atomic E-state index is 10.9. The van der Waals surface area contributed by atoms with Crippen molar-refractivity contribution in [2.24, 2.45) is 11.8 Å². The fraction of sp³-hybridized carbons (Fsp3) is 0.900. The molecule has 0 aromatic carbocycles. The maximum atomic E-state index is 10.9. The molecule has 1 aliphatic carbocycles. The summed E-state index contributed by atoms with van der Waals surface area (Å²) in [5.41, 5.74) is 0. The largest absolute Gasteiger partial charge is 0.481 e. The zero-order valence-corrected chi connectivity index (χ0v) is 7.90. The Morgan fingerprint density at radius 1 is 1.46 bits per heavy atom. The van der Waals surface area contributed by atoms with Gasteiger partial charge in [0.15, 0.2) is 0 Å². The summed E-state index contributed by atoms with van der Waals surface area (Å²) in [6.07, 6.45) is 4.32. The Balaban J connectivity index is 2.09. The molecule has 0 spiro atoms. The van der Waals surface area contributed by atoms with E-state index in [0.717, 1.165) is 25.7 Å².